The highest BCUT2D eigenvalue weighted by Crippen LogP contribution is 2.41. The molecule has 0 atom stereocenters. The fourth-order valence-corrected chi connectivity index (χ4v) is 3.55. The van der Waals surface area contributed by atoms with Crippen LogP contribution >= 0.6 is 0 Å². The van der Waals surface area contributed by atoms with Crippen LogP contribution in [0.5, 0.6) is 0 Å². The average molecular weight is 287 g/mol. The van der Waals surface area contributed by atoms with Crippen molar-refractivity contribution in [2.75, 3.05) is 0 Å². The lowest BCUT2D eigenvalue weighted by molar-refractivity contribution is 0.473. The first-order chi connectivity index (χ1) is 10.7. The molecule has 1 aliphatic rings. The molecular formula is C21H19O+. The van der Waals surface area contributed by atoms with Gasteiger partial charge in [-0.2, -0.15) is 0 Å². The van der Waals surface area contributed by atoms with E-state index in [9.17, 15) is 0 Å². The molecule has 2 aromatic carbocycles. The minimum absolute atomic E-state index is 0.915. The lowest BCUT2D eigenvalue weighted by Crippen LogP contribution is -1.99. The largest absolute Gasteiger partial charge is 0.341 e. The monoisotopic (exact) mass is 287 g/mol. The first-order valence-corrected chi connectivity index (χ1v) is 7.81. The van der Waals surface area contributed by atoms with E-state index in [-0.39, 0.29) is 0 Å². The van der Waals surface area contributed by atoms with Crippen molar-refractivity contribution in [2.24, 2.45) is 0 Å². The van der Waals surface area contributed by atoms with Gasteiger partial charge in [0.1, 0.15) is 0 Å². The van der Waals surface area contributed by atoms with Gasteiger partial charge in [-0.15, -0.1) is 0 Å². The summed E-state index contributed by atoms with van der Waals surface area (Å²) in [6.45, 7) is 4.33. The van der Waals surface area contributed by atoms with E-state index in [1.807, 2.05) is 0 Å². The number of rotatable bonds is 2. The van der Waals surface area contributed by atoms with Gasteiger partial charge < -0.3 is 0 Å². The van der Waals surface area contributed by atoms with E-state index in [1.54, 1.807) is 0 Å². The van der Waals surface area contributed by atoms with Crippen LogP contribution in [0, 0.1) is 13.8 Å². The standard InChI is InChI=1S/C21H19O/c1-14-19(12-16-8-4-3-5-9-16)15(2)22-20-13-17-10-6-7-11-18(17)21(14)20/h3-11H,12-13H2,1-2H3/q+1. The van der Waals surface area contributed by atoms with E-state index in [1.165, 1.54) is 33.4 Å². The molecule has 0 spiro atoms. The first kappa shape index (κ1) is 13.3. The number of benzene rings is 2. The second-order valence-electron chi connectivity index (χ2n) is 6.06. The third kappa shape index (κ3) is 2.05. The molecule has 0 amide bonds. The summed E-state index contributed by atoms with van der Waals surface area (Å²) in [4.78, 5) is 0. The molecule has 1 heterocycles. The second-order valence-corrected chi connectivity index (χ2v) is 6.06. The number of hydrogen-bond acceptors (Lipinski definition) is 0. The molecular weight excluding hydrogens is 268 g/mol. The van der Waals surface area contributed by atoms with E-state index >= 15 is 0 Å². The molecule has 1 aromatic heterocycles. The molecule has 1 heteroatoms. The summed E-state index contributed by atoms with van der Waals surface area (Å²) in [5.74, 6) is 2.17. The molecule has 0 N–H and O–H groups in total. The zero-order chi connectivity index (χ0) is 15.1. The Bertz CT molecular complexity index is 847. The molecule has 0 saturated heterocycles. The summed E-state index contributed by atoms with van der Waals surface area (Å²) in [6.07, 6.45) is 1.84. The predicted molar refractivity (Wildman–Crippen MR) is 90.1 cm³/mol. The maximum atomic E-state index is 6.19. The van der Waals surface area contributed by atoms with Crippen molar-refractivity contribution in [3.05, 3.63) is 88.4 Å². The highest BCUT2D eigenvalue weighted by molar-refractivity contribution is 5.78. The van der Waals surface area contributed by atoms with Crippen LogP contribution in [0.3, 0.4) is 0 Å². The van der Waals surface area contributed by atoms with Crippen LogP contribution in [0.4, 0.5) is 0 Å². The third-order valence-corrected chi connectivity index (χ3v) is 4.67. The average Bonchev–Trinajstić information content (AvgIpc) is 2.90. The van der Waals surface area contributed by atoms with Gasteiger partial charge in [0.15, 0.2) is 0 Å². The molecule has 3 aromatic rings. The van der Waals surface area contributed by atoms with E-state index in [4.69, 9.17) is 4.42 Å². The molecule has 0 saturated carbocycles. The van der Waals surface area contributed by atoms with Crippen molar-refractivity contribution in [3.63, 3.8) is 0 Å². The van der Waals surface area contributed by atoms with Gasteiger partial charge in [0.25, 0.3) is 0 Å². The van der Waals surface area contributed by atoms with Gasteiger partial charge >= 0.3 is 11.5 Å². The van der Waals surface area contributed by atoms with Crippen molar-refractivity contribution in [2.45, 2.75) is 26.7 Å². The maximum absolute atomic E-state index is 6.19. The van der Waals surface area contributed by atoms with Crippen molar-refractivity contribution in [3.8, 4) is 11.1 Å². The highest BCUT2D eigenvalue weighted by atomic mass is 16.3. The summed E-state index contributed by atoms with van der Waals surface area (Å²) >= 11 is 0. The first-order valence-electron chi connectivity index (χ1n) is 7.81. The second kappa shape index (κ2) is 5.10. The Hall–Kier alpha value is -2.41. The van der Waals surface area contributed by atoms with E-state index < -0.39 is 0 Å². The molecule has 0 fully saturated rings. The van der Waals surface area contributed by atoms with Gasteiger partial charge in [-0.3, -0.25) is 0 Å². The van der Waals surface area contributed by atoms with Crippen LogP contribution in [-0.2, 0) is 12.8 Å². The molecule has 108 valence electrons. The van der Waals surface area contributed by atoms with Crippen LogP contribution in [0.25, 0.3) is 11.1 Å². The summed E-state index contributed by atoms with van der Waals surface area (Å²) in [6, 6.07) is 19.3. The third-order valence-electron chi connectivity index (χ3n) is 4.67. The van der Waals surface area contributed by atoms with Gasteiger partial charge in [-0.25, -0.2) is 4.42 Å². The molecule has 22 heavy (non-hydrogen) atoms. The highest BCUT2D eigenvalue weighted by Gasteiger charge is 2.33. The fourth-order valence-electron chi connectivity index (χ4n) is 3.55. The zero-order valence-corrected chi connectivity index (χ0v) is 13.0. The maximum Gasteiger partial charge on any atom is 0.341 e. The zero-order valence-electron chi connectivity index (χ0n) is 13.0. The van der Waals surface area contributed by atoms with E-state index in [0.29, 0.717) is 0 Å². The summed E-state index contributed by atoms with van der Waals surface area (Å²) in [5.41, 5.74) is 8.05. The van der Waals surface area contributed by atoms with Crippen LogP contribution in [0.15, 0.2) is 59.0 Å². The van der Waals surface area contributed by atoms with Crippen molar-refractivity contribution >= 4 is 0 Å². The summed E-state index contributed by atoms with van der Waals surface area (Å²) < 4.78 is 6.19. The molecule has 1 aliphatic carbocycles. The molecule has 0 bridgehead atoms. The van der Waals surface area contributed by atoms with Crippen LogP contribution < -0.4 is 0 Å². The van der Waals surface area contributed by atoms with Crippen molar-refractivity contribution in [1.29, 1.82) is 0 Å². The Morgan fingerprint density at radius 3 is 2.45 bits per heavy atom. The smallest absolute Gasteiger partial charge is 0.217 e. The number of fused-ring (bicyclic) bond motifs is 3. The quantitative estimate of drug-likeness (QED) is 0.453. The number of hydrogen-bond donors (Lipinski definition) is 0. The summed E-state index contributed by atoms with van der Waals surface area (Å²) in [7, 11) is 0. The molecule has 4 rings (SSSR count). The topological polar surface area (TPSA) is 11.3 Å². The minimum Gasteiger partial charge on any atom is -0.217 e. The Morgan fingerprint density at radius 2 is 1.64 bits per heavy atom. The summed E-state index contributed by atoms with van der Waals surface area (Å²) in [5, 5.41) is 0. The Labute approximate surface area is 131 Å². The van der Waals surface area contributed by atoms with Gasteiger partial charge in [0.05, 0.1) is 24.5 Å². The van der Waals surface area contributed by atoms with E-state index in [0.717, 1.165) is 24.4 Å². The number of aryl methyl sites for hydroxylation is 1. The molecule has 1 nitrogen and oxygen atoms in total. The molecule has 0 radical (unpaired) electrons. The lowest BCUT2D eigenvalue weighted by Gasteiger charge is -2.07. The molecule has 0 unspecified atom stereocenters. The van der Waals surface area contributed by atoms with Gasteiger partial charge in [0, 0.05) is 6.42 Å². The van der Waals surface area contributed by atoms with E-state index in [2.05, 4.69) is 68.4 Å². The predicted octanol–water partition coefficient (Wildman–Crippen LogP) is 5.34. The Kier molecular flexibility index (Phi) is 3.07. The lowest BCUT2D eigenvalue weighted by atomic mass is 9.94. The van der Waals surface area contributed by atoms with Crippen LogP contribution in [0.2, 0.25) is 0 Å². The fraction of sp³-hybridized carbons (Fsp3) is 0.190. The Morgan fingerprint density at radius 1 is 0.909 bits per heavy atom. The normalized spacial score (nSPS) is 12.1. The molecule has 0 aliphatic heterocycles. The van der Waals surface area contributed by atoms with Gasteiger partial charge in [-0.05, 0) is 29.2 Å². The van der Waals surface area contributed by atoms with Crippen LogP contribution in [0.1, 0.15) is 33.8 Å². The van der Waals surface area contributed by atoms with Gasteiger partial charge in [-0.1, -0.05) is 54.6 Å². The Balaban J connectivity index is 1.86. The van der Waals surface area contributed by atoms with Gasteiger partial charge in [0.2, 0.25) is 0 Å². The minimum atomic E-state index is 0.915. The van der Waals surface area contributed by atoms with Crippen molar-refractivity contribution < 1.29 is 4.42 Å². The van der Waals surface area contributed by atoms with Crippen LogP contribution in [-0.4, -0.2) is 0 Å². The SMILES string of the molecule is Cc1[o+]c2c(c(C)c1Cc1ccccc1)-c1ccccc1C2. The van der Waals surface area contributed by atoms with Crippen molar-refractivity contribution in [1.82, 2.24) is 0 Å².